The average molecular weight is 323 g/mol. The van der Waals surface area contributed by atoms with Gasteiger partial charge in [0.15, 0.2) is 5.75 Å². The van der Waals surface area contributed by atoms with E-state index in [-0.39, 0.29) is 12.5 Å². The fraction of sp³-hybridized carbons (Fsp3) is 0.286. The van der Waals surface area contributed by atoms with E-state index in [4.69, 9.17) is 4.74 Å². The van der Waals surface area contributed by atoms with Crippen molar-refractivity contribution in [3.05, 3.63) is 46.5 Å². The van der Waals surface area contributed by atoms with Crippen LogP contribution in [0.5, 0.6) is 11.5 Å². The number of rotatable bonds is 4. The van der Waals surface area contributed by atoms with Gasteiger partial charge in [0.1, 0.15) is 17.3 Å². The van der Waals surface area contributed by atoms with Gasteiger partial charge >= 0.3 is 0 Å². The summed E-state index contributed by atoms with van der Waals surface area (Å²) in [6.07, 6.45) is 1.60. The van der Waals surface area contributed by atoms with E-state index in [1.807, 2.05) is 38.1 Å². The number of hydrogen-bond donors (Lipinski definition) is 1. The monoisotopic (exact) mass is 322 g/mol. The predicted octanol–water partition coefficient (Wildman–Crippen LogP) is 3.65. The van der Waals surface area contributed by atoms with E-state index in [2.05, 4.69) is 25.9 Å². The largest absolute Gasteiger partial charge is 0.453 e. The normalized spacial score (nSPS) is 10.8. The summed E-state index contributed by atoms with van der Waals surface area (Å²) in [6, 6.07) is 7.50. The lowest BCUT2D eigenvalue weighted by Crippen LogP contribution is -2.03. The molecule has 5 heteroatoms. The van der Waals surface area contributed by atoms with Gasteiger partial charge in [-0.15, -0.1) is 0 Å². The molecule has 2 rings (SSSR count). The minimum Gasteiger partial charge on any atom is -0.453 e. The highest BCUT2D eigenvalue weighted by atomic mass is 79.9. The summed E-state index contributed by atoms with van der Waals surface area (Å²) in [4.78, 5) is 8.57. The van der Waals surface area contributed by atoms with Crippen molar-refractivity contribution in [2.45, 2.75) is 26.4 Å². The third-order valence-electron chi connectivity index (χ3n) is 2.57. The van der Waals surface area contributed by atoms with Crippen molar-refractivity contribution in [3.63, 3.8) is 0 Å². The van der Waals surface area contributed by atoms with Gasteiger partial charge in [-0.2, -0.15) is 0 Å². The molecule has 2 aromatic rings. The molecule has 1 heterocycles. The molecule has 4 nitrogen and oxygen atoms in total. The molecule has 100 valence electrons. The van der Waals surface area contributed by atoms with Crippen LogP contribution in [0, 0.1) is 0 Å². The number of halogens is 1. The molecule has 0 bridgehead atoms. The summed E-state index contributed by atoms with van der Waals surface area (Å²) in [6.45, 7) is 3.83. The highest BCUT2D eigenvalue weighted by Gasteiger charge is 2.11. The van der Waals surface area contributed by atoms with Crippen molar-refractivity contribution in [3.8, 4) is 11.5 Å². The molecule has 19 heavy (non-hydrogen) atoms. The van der Waals surface area contributed by atoms with Crippen LogP contribution in [0.15, 0.2) is 34.9 Å². The van der Waals surface area contributed by atoms with Crippen molar-refractivity contribution in [1.29, 1.82) is 0 Å². The van der Waals surface area contributed by atoms with E-state index in [9.17, 15) is 5.11 Å². The summed E-state index contributed by atoms with van der Waals surface area (Å²) in [5.74, 6) is 2.04. The maximum atomic E-state index is 9.39. The molecule has 0 fully saturated rings. The Morgan fingerprint density at radius 3 is 2.63 bits per heavy atom. The molecule has 0 aliphatic rings. The maximum Gasteiger partial charge on any atom is 0.169 e. The SMILES string of the molecule is CC(C)c1ncc(Oc2ccccc2Br)c(CO)n1. The molecule has 0 saturated heterocycles. The minimum absolute atomic E-state index is 0.179. The van der Waals surface area contributed by atoms with E-state index < -0.39 is 0 Å². The fourth-order valence-electron chi connectivity index (χ4n) is 1.54. The molecule has 0 aliphatic carbocycles. The molecule has 0 saturated carbocycles. The van der Waals surface area contributed by atoms with E-state index in [0.717, 1.165) is 4.47 Å². The Bertz CT molecular complexity index is 573. The second-order valence-electron chi connectivity index (χ2n) is 4.38. The topological polar surface area (TPSA) is 55.2 Å². The highest BCUT2D eigenvalue weighted by molar-refractivity contribution is 9.10. The van der Waals surface area contributed by atoms with Crippen molar-refractivity contribution < 1.29 is 9.84 Å². The Hall–Kier alpha value is -1.46. The summed E-state index contributed by atoms with van der Waals surface area (Å²) in [5.41, 5.74) is 0.495. The first-order valence-corrected chi connectivity index (χ1v) is 6.80. The summed E-state index contributed by atoms with van der Waals surface area (Å²) >= 11 is 3.41. The van der Waals surface area contributed by atoms with Crippen LogP contribution in [-0.4, -0.2) is 15.1 Å². The van der Waals surface area contributed by atoms with Gasteiger partial charge in [0.25, 0.3) is 0 Å². The lowest BCUT2D eigenvalue weighted by molar-refractivity contribution is 0.269. The van der Waals surface area contributed by atoms with Crippen LogP contribution in [0.2, 0.25) is 0 Å². The Morgan fingerprint density at radius 2 is 2.00 bits per heavy atom. The van der Waals surface area contributed by atoms with Crippen molar-refractivity contribution in [2.24, 2.45) is 0 Å². The Labute approximate surface area is 120 Å². The molecule has 0 amide bonds. The van der Waals surface area contributed by atoms with Gasteiger partial charge < -0.3 is 9.84 Å². The smallest absolute Gasteiger partial charge is 0.169 e. The summed E-state index contributed by atoms with van der Waals surface area (Å²) < 4.78 is 6.57. The predicted molar refractivity (Wildman–Crippen MR) is 76.3 cm³/mol. The molecule has 1 aromatic heterocycles. The van der Waals surface area contributed by atoms with Crippen LogP contribution in [0.3, 0.4) is 0 Å². The van der Waals surface area contributed by atoms with Crippen molar-refractivity contribution >= 4 is 15.9 Å². The second-order valence-corrected chi connectivity index (χ2v) is 5.24. The van der Waals surface area contributed by atoms with Crippen LogP contribution >= 0.6 is 15.9 Å². The van der Waals surface area contributed by atoms with Gasteiger partial charge in [0, 0.05) is 5.92 Å². The molecule has 0 radical (unpaired) electrons. The minimum atomic E-state index is -0.179. The number of para-hydroxylation sites is 1. The number of ether oxygens (including phenoxy) is 1. The van der Waals surface area contributed by atoms with Gasteiger partial charge in [-0.3, -0.25) is 0 Å². The summed E-state index contributed by atoms with van der Waals surface area (Å²) in [5, 5.41) is 9.39. The third-order valence-corrected chi connectivity index (χ3v) is 3.23. The van der Waals surface area contributed by atoms with Crippen LogP contribution in [-0.2, 0) is 6.61 Å². The molecule has 0 unspecified atom stereocenters. The van der Waals surface area contributed by atoms with E-state index in [0.29, 0.717) is 23.0 Å². The van der Waals surface area contributed by atoms with E-state index >= 15 is 0 Å². The van der Waals surface area contributed by atoms with Crippen LogP contribution in [0.1, 0.15) is 31.3 Å². The Kier molecular flexibility index (Phi) is 4.50. The fourth-order valence-corrected chi connectivity index (χ4v) is 1.91. The zero-order chi connectivity index (χ0) is 13.8. The highest BCUT2D eigenvalue weighted by Crippen LogP contribution is 2.30. The first-order valence-electron chi connectivity index (χ1n) is 6.01. The Morgan fingerprint density at radius 1 is 1.26 bits per heavy atom. The first-order chi connectivity index (χ1) is 9.11. The molecular formula is C14H15BrN2O2. The zero-order valence-electron chi connectivity index (χ0n) is 10.8. The lowest BCUT2D eigenvalue weighted by atomic mass is 10.2. The lowest BCUT2D eigenvalue weighted by Gasteiger charge is -2.12. The maximum absolute atomic E-state index is 9.39. The number of aliphatic hydroxyl groups is 1. The number of aliphatic hydroxyl groups excluding tert-OH is 1. The van der Waals surface area contributed by atoms with E-state index in [1.165, 1.54) is 0 Å². The standard InChI is InChI=1S/C14H15BrN2O2/c1-9(2)14-16-7-13(11(8-18)17-14)19-12-6-4-3-5-10(12)15/h3-7,9,18H,8H2,1-2H3. The van der Waals surface area contributed by atoms with Crippen LogP contribution < -0.4 is 4.74 Å². The first kappa shape index (κ1) is 14.0. The molecule has 1 aromatic carbocycles. The summed E-state index contributed by atoms with van der Waals surface area (Å²) in [7, 11) is 0. The van der Waals surface area contributed by atoms with Crippen LogP contribution in [0.25, 0.3) is 0 Å². The number of nitrogens with zero attached hydrogens (tertiary/aromatic N) is 2. The van der Waals surface area contributed by atoms with Gasteiger partial charge in [-0.1, -0.05) is 26.0 Å². The molecular weight excluding hydrogens is 308 g/mol. The second kappa shape index (κ2) is 6.12. The molecule has 0 atom stereocenters. The van der Waals surface area contributed by atoms with Gasteiger partial charge in [-0.25, -0.2) is 9.97 Å². The zero-order valence-corrected chi connectivity index (χ0v) is 12.4. The number of hydrogen-bond acceptors (Lipinski definition) is 4. The number of aromatic nitrogens is 2. The molecule has 1 N–H and O–H groups in total. The average Bonchev–Trinajstić information content (AvgIpc) is 2.41. The third kappa shape index (κ3) is 3.30. The van der Waals surface area contributed by atoms with Gasteiger partial charge in [-0.05, 0) is 28.1 Å². The van der Waals surface area contributed by atoms with E-state index in [1.54, 1.807) is 6.20 Å². The molecule has 0 aliphatic heterocycles. The van der Waals surface area contributed by atoms with Gasteiger partial charge in [0.2, 0.25) is 0 Å². The molecule has 0 spiro atoms. The van der Waals surface area contributed by atoms with Crippen molar-refractivity contribution in [2.75, 3.05) is 0 Å². The van der Waals surface area contributed by atoms with Gasteiger partial charge in [0.05, 0.1) is 17.3 Å². The van der Waals surface area contributed by atoms with Crippen LogP contribution in [0.4, 0.5) is 0 Å². The number of benzene rings is 1. The quantitative estimate of drug-likeness (QED) is 0.933. The Balaban J connectivity index is 2.33. The van der Waals surface area contributed by atoms with Crippen molar-refractivity contribution in [1.82, 2.24) is 9.97 Å².